The van der Waals surface area contributed by atoms with E-state index in [2.05, 4.69) is 16.0 Å². The number of carboxylic acid groups (broad SMARTS) is 2. The molecular formula is C25H39N5O7S. The predicted octanol–water partition coefficient (Wildman–Crippen LogP) is -0.158. The monoisotopic (exact) mass is 553 g/mol. The Kier molecular flexibility index (Phi) is 15.7. The molecule has 0 heterocycles. The van der Waals surface area contributed by atoms with Crippen molar-refractivity contribution in [3.63, 3.8) is 0 Å². The van der Waals surface area contributed by atoms with Gasteiger partial charge in [0.2, 0.25) is 17.7 Å². The lowest BCUT2D eigenvalue weighted by molar-refractivity contribution is -0.143. The van der Waals surface area contributed by atoms with Crippen molar-refractivity contribution in [3.8, 4) is 0 Å². The molecule has 1 rings (SSSR count). The first-order valence-corrected chi connectivity index (χ1v) is 13.8. The van der Waals surface area contributed by atoms with E-state index in [0.717, 1.165) is 5.56 Å². The second kappa shape index (κ2) is 18.2. The Bertz CT molecular complexity index is 919. The van der Waals surface area contributed by atoms with Crippen molar-refractivity contribution in [2.75, 3.05) is 18.6 Å². The number of carbonyl (C=O) groups excluding carboxylic acids is 3. The second-order valence-corrected chi connectivity index (χ2v) is 9.80. The Hall–Kier alpha value is -3.16. The molecule has 0 aromatic heterocycles. The fraction of sp³-hybridized carbons (Fsp3) is 0.560. The molecule has 3 amide bonds. The molecule has 4 unspecified atom stereocenters. The van der Waals surface area contributed by atoms with Gasteiger partial charge in [-0.25, -0.2) is 4.79 Å². The second-order valence-electron chi connectivity index (χ2n) is 8.82. The van der Waals surface area contributed by atoms with E-state index in [0.29, 0.717) is 31.6 Å². The Morgan fingerprint density at radius 2 is 1.45 bits per heavy atom. The van der Waals surface area contributed by atoms with Crippen LogP contribution in [0.5, 0.6) is 0 Å². The summed E-state index contributed by atoms with van der Waals surface area (Å²) in [5, 5.41) is 26.1. The van der Waals surface area contributed by atoms with Gasteiger partial charge in [0.05, 0.1) is 6.04 Å². The fourth-order valence-electron chi connectivity index (χ4n) is 3.55. The molecule has 12 nitrogen and oxygen atoms in total. The summed E-state index contributed by atoms with van der Waals surface area (Å²) in [6.45, 7) is 0.465. The maximum atomic E-state index is 13.3. The molecule has 0 spiro atoms. The Labute approximate surface area is 226 Å². The number of thioether (sulfide) groups is 1. The van der Waals surface area contributed by atoms with Crippen LogP contribution < -0.4 is 27.4 Å². The standard InChI is InChI=1S/C25H39N5O7S/c1-38-14-12-19(25(36)37)29-23(34)18(10-11-21(31)32)28-24(35)20(15-16-7-3-2-4-8-16)30-22(33)17(27)9-5-6-13-26/h2-4,7-8,17-20H,5-6,9-15,26-27H2,1H3,(H,28,35)(H,29,34)(H,30,33)(H,31,32)(H,36,37). The average Bonchev–Trinajstić information content (AvgIpc) is 2.88. The van der Waals surface area contributed by atoms with Crippen LogP contribution in [0, 0.1) is 0 Å². The van der Waals surface area contributed by atoms with Gasteiger partial charge in [0, 0.05) is 12.8 Å². The molecule has 0 aliphatic carbocycles. The summed E-state index contributed by atoms with van der Waals surface area (Å²) in [5.41, 5.74) is 12.2. The number of hydrogen-bond acceptors (Lipinski definition) is 8. The van der Waals surface area contributed by atoms with Gasteiger partial charge in [-0.3, -0.25) is 19.2 Å². The number of carboxylic acids is 2. The molecule has 9 N–H and O–H groups in total. The molecule has 0 bridgehead atoms. The minimum Gasteiger partial charge on any atom is -0.481 e. The summed E-state index contributed by atoms with van der Waals surface area (Å²) < 4.78 is 0. The highest BCUT2D eigenvalue weighted by Gasteiger charge is 2.30. The SMILES string of the molecule is CSCCC(NC(=O)C(CCC(=O)O)NC(=O)C(Cc1ccccc1)NC(=O)C(N)CCCCN)C(=O)O. The van der Waals surface area contributed by atoms with Crippen molar-refractivity contribution in [2.45, 2.75) is 69.1 Å². The van der Waals surface area contributed by atoms with Crippen LogP contribution in [0.15, 0.2) is 30.3 Å². The van der Waals surface area contributed by atoms with E-state index in [4.69, 9.17) is 16.6 Å². The van der Waals surface area contributed by atoms with E-state index in [1.807, 2.05) is 0 Å². The summed E-state index contributed by atoms with van der Waals surface area (Å²) in [4.78, 5) is 61.7. The molecule has 1 aromatic carbocycles. The highest BCUT2D eigenvalue weighted by atomic mass is 32.2. The van der Waals surface area contributed by atoms with Gasteiger partial charge in [-0.05, 0) is 49.8 Å². The Morgan fingerprint density at radius 3 is 2.03 bits per heavy atom. The van der Waals surface area contributed by atoms with E-state index >= 15 is 0 Å². The van der Waals surface area contributed by atoms with E-state index in [-0.39, 0.29) is 19.3 Å². The molecule has 0 radical (unpaired) electrons. The number of nitrogens with two attached hydrogens (primary N) is 2. The molecule has 4 atom stereocenters. The first-order valence-electron chi connectivity index (χ1n) is 12.4. The van der Waals surface area contributed by atoms with Crippen LogP contribution >= 0.6 is 11.8 Å². The normalized spacial score (nSPS) is 14.0. The summed E-state index contributed by atoms with van der Waals surface area (Å²) in [7, 11) is 0. The number of unbranched alkanes of at least 4 members (excludes halogenated alkanes) is 1. The maximum Gasteiger partial charge on any atom is 0.326 e. The minimum absolute atomic E-state index is 0.0900. The molecule has 13 heteroatoms. The van der Waals surface area contributed by atoms with E-state index in [9.17, 15) is 29.1 Å². The molecule has 0 fully saturated rings. The van der Waals surface area contributed by atoms with E-state index in [1.54, 1.807) is 36.6 Å². The van der Waals surface area contributed by atoms with Crippen LogP contribution in [-0.2, 0) is 30.4 Å². The summed E-state index contributed by atoms with van der Waals surface area (Å²) in [6.07, 6.45) is 3.03. The number of rotatable bonds is 19. The molecule has 0 saturated carbocycles. The van der Waals surface area contributed by atoms with Gasteiger partial charge in [-0.2, -0.15) is 11.8 Å². The summed E-state index contributed by atoms with van der Waals surface area (Å²) in [6, 6.07) is 4.37. The zero-order chi connectivity index (χ0) is 28.5. The first-order chi connectivity index (χ1) is 18.1. The lowest BCUT2D eigenvalue weighted by Gasteiger charge is -2.25. The van der Waals surface area contributed by atoms with Gasteiger partial charge in [0.15, 0.2) is 0 Å². The largest absolute Gasteiger partial charge is 0.481 e. The lowest BCUT2D eigenvalue weighted by Crippen LogP contribution is -2.57. The van der Waals surface area contributed by atoms with Gasteiger partial charge in [-0.1, -0.05) is 36.8 Å². The van der Waals surface area contributed by atoms with Crippen molar-refractivity contribution in [3.05, 3.63) is 35.9 Å². The third kappa shape index (κ3) is 12.9. The third-order valence-corrected chi connectivity index (χ3v) is 6.37. The Morgan fingerprint density at radius 1 is 0.842 bits per heavy atom. The van der Waals surface area contributed by atoms with Crippen LogP contribution in [-0.4, -0.2) is 82.6 Å². The van der Waals surface area contributed by atoms with Crippen molar-refractivity contribution in [1.82, 2.24) is 16.0 Å². The third-order valence-electron chi connectivity index (χ3n) is 5.73. The number of aliphatic carboxylic acids is 2. The van der Waals surface area contributed by atoms with Crippen molar-refractivity contribution in [2.24, 2.45) is 11.5 Å². The molecule has 0 aliphatic rings. The predicted molar refractivity (Wildman–Crippen MR) is 144 cm³/mol. The Balaban J connectivity index is 3.07. The molecule has 212 valence electrons. The summed E-state index contributed by atoms with van der Waals surface area (Å²) in [5.74, 6) is -4.05. The fourth-order valence-corrected chi connectivity index (χ4v) is 4.02. The lowest BCUT2D eigenvalue weighted by atomic mass is 10.0. The summed E-state index contributed by atoms with van der Waals surface area (Å²) >= 11 is 1.41. The van der Waals surface area contributed by atoms with E-state index < -0.39 is 60.2 Å². The molecule has 0 aliphatic heterocycles. The average molecular weight is 554 g/mol. The minimum atomic E-state index is -1.33. The topological polar surface area (TPSA) is 214 Å². The van der Waals surface area contributed by atoms with Gasteiger partial charge in [0.25, 0.3) is 0 Å². The van der Waals surface area contributed by atoms with Gasteiger partial charge in [0.1, 0.15) is 18.1 Å². The van der Waals surface area contributed by atoms with Crippen molar-refractivity contribution >= 4 is 41.4 Å². The number of nitrogens with one attached hydrogen (secondary N) is 3. The molecule has 1 aromatic rings. The van der Waals surface area contributed by atoms with Crippen molar-refractivity contribution in [1.29, 1.82) is 0 Å². The van der Waals surface area contributed by atoms with Crippen LogP contribution in [0.4, 0.5) is 0 Å². The number of amides is 3. The molecular weight excluding hydrogens is 514 g/mol. The van der Waals surface area contributed by atoms with Crippen LogP contribution in [0.3, 0.4) is 0 Å². The van der Waals surface area contributed by atoms with Gasteiger partial charge >= 0.3 is 11.9 Å². The quantitative estimate of drug-likeness (QED) is 0.112. The van der Waals surface area contributed by atoms with Crippen LogP contribution in [0.25, 0.3) is 0 Å². The van der Waals surface area contributed by atoms with Crippen LogP contribution in [0.2, 0.25) is 0 Å². The number of hydrogen-bond donors (Lipinski definition) is 7. The highest BCUT2D eigenvalue weighted by molar-refractivity contribution is 7.98. The smallest absolute Gasteiger partial charge is 0.326 e. The maximum absolute atomic E-state index is 13.3. The first kappa shape index (κ1) is 32.9. The zero-order valence-corrected chi connectivity index (χ0v) is 22.4. The number of benzene rings is 1. The van der Waals surface area contributed by atoms with Gasteiger partial charge in [-0.15, -0.1) is 0 Å². The van der Waals surface area contributed by atoms with E-state index in [1.165, 1.54) is 11.8 Å². The number of carbonyl (C=O) groups is 5. The van der Waals surface area contributed by atoms with Crippen molar-refractivity contribution < 1.29 is 34.2 Å². The van der Waals surface area contributed by atoms with Gasteiger partial charge < -0.3 is 37.6 Å². The molecule has 0 saturated heterocycles. The van der Waals surface area contributed by atoms with Crippen LogP contribution in [0.1, 0.15) is 44.1 Å². The molecule has 38 heavy (non-hydrogen) atoms. The zero-order valence-electron chi connectivity index (χ0n) is 21.6. The highest BCUT2D eigenvalue weighted by Crippen LogP contribution is 2.08.